The van der Waals surface area contributed by atoms with Gasteiger partial charge in [-0.2, -0.15) is 9.97 Å². The predicted molar refractivity (Wildman–Crippen MR) is 137 cm³/mol. The zero-order valence-corrected chi connectivity index (χ0v) is 19.4. The van der Waals surface area contributed by atoms with Crippen molar-refractivity contribution in [1.29, 1.82) is 0 Å². The fourth-order valence-electron chi connectivity index (χ4n) is 5.19. The topological polar surface area (TPSA) is 54.3 Å². The molecule has 4 aromatic rings. The minimum Gasteiger partial charge on any atom is -0.356 e. The van der Waals surface area contributed by atoms with Crippen LogP contribution >= 0.6 is 0 Å². The summed E-state index contributed by atoms with van der Waals surface area (Å²) in [5.41, 5.74) is 3.66. The van der Waals surface area contributed by atoms with E-state index in [-0.39, 0.29) is 12.3 Å². The van der Waals surface area contributed by atoms with Crippen LogP contribution < -0.4 is 9.80 Å². The van der Waals surface area contributed by atoms with E-state index in [1.54, 1.807) is 0 Å². The Morgan fingerprint density at radius 3 is 2.06 bits per heavy atom. The van der Waals surface area contributed by atoms with E-state index in [2.05, 4.69) is 32.6 Å². The Bertz CT molecular complexity index is 1300. The molecule has 0 bridgehead atoms. The Balaban J connectivity index is 1.55. The summed E-state index contributed by atoms with van der Waals surface area (Å²) in [5.74, 6) is 1.88. The van der Waals surface area contributed by atoms with E-state index in [0.29, 0.717) is 0 Å². The van der Waals surface area contributed by atoms with Gasteiger partial charge in [0.2, 0.25) is 5.95 Å². The fourth-order valence-corrected chi connectivity index (χ4v) is 5.19. The number of Topliss-reactive ketones (excluding diaryl/α,β-unsaturated/α-hetero) is 1. The zero-order valence-electron chi connectivity index (χ0n) is 19.4. The molecule has 2 aliphatic rings. The van der Waals surface area contributed by atoms with Gasteiger partial charge in [-0.25, -0.2) is 0 Å². The van der Waals surface area contributed by atoms with Crippen molar-refractivity contribution in [1.82, 2.24) is 14.5 Å². The molecule has 6 heteroatoms. The molecular weight excluding hydrogens is 422 g/mol. The number of carbonyl (C=O) groups is 1. The molecule has 172 valence electrons. The summed E-state index contributed by atoms with van der Waals surface area (Å²) >= 11 is 0. The highest BCUT2D eigenvalue weighted by atomic mass is 16.1. The number of anilines is 2. The van der Waals surface area contributed by atoms with Gasteiger partial charge in [0.25, 0.3) is 0 Å². The lowest BCUT2D eigenvalue weighted by atomic mass is 10.1. The number of fused-ring (bicyclic) bond motifs is 1. The van der Waals surface area contributed by atoms with Crippen LogP contribution in [0.1, 0.15) is 36.0 Å². The first kappa shape index (κ1) is 20.9. The van der Waals surface area contributed by atoms with Crippen molar-refractivity contribution in [2.24, 2.45) is 0 Å². The molecule has 2 aromatic heterocycles. The summed E-state index contributed by atoms with van der Waals surface area (Å²) in [6, 6.07) is 22.0. The second-order valence-corrected chi connectivity index (χ2v) is 9.24. The summed E-state index contributed by atoms with van der Waals surface area (Å²) in [6.07, 6.45) is 4.71. The zero-order chi connectivity index (χ0) is 22.9. The van der Waals surface area contributed by atoms with Crippen LogP contribution in [-0.4, -0.2) is 46.5 Å². The third kappa shape index (κ3) is 3.83. The van der Waals surface area contributed by atoms with Gasteiger partial charge in [-0.05, 0) is 37.3 Å². The van der Waals surface area contributed by atoms with Crippen LogP contribution in [0.5, 0.6) is 0 Å². The summed E-state index contributed by atoms with van der Waals surface area (Å²) in [6.45, 7) is 4.24. The number of hydrogen-bond acceptors (Lipinski definition) is 5. The fraction of sp³-hybridized carbons (Fsp3) is 0.321. The molecule has 0 amide bonds. The monoisotopic (exact) mass is 451 g/mol. The van der Waals surface area contributed by atoms with E-state index >= 15 is 0 Å². The molecule has 0 aliphatic carbocycles. The SMILES string of the molecule is O=C(Cn1c(-c2ccccc2)cc2c(N3CCCC3)nc(N3CCCC3)nc21)c1ccccc1. The minimum absolute atomic E-state index is 0.0827. The number of nitrogens with zero attached hydrogens (tertiary/aromatic N) is 5. The van der Waals surface area contributed by atoms with Gasteiger partial charge in [0.15, 0.2) is 5.78 Å². The van der Waals surface area contributed by atoms with Crippen LogP contribution in [-0.2, 0) is 6.54 Å². The van der Waals surface area contributed by atoms with E-state index in [4.69, 9.17) is 9.97 Å². The van der Waals surface area contributed by atoms with Crippen LogP contribution in [0.15, 0.2) is 66.7 Å². The summed E-state index contributed by atoms with van der Waals surface area (Å²) in [5, 5.41) is 1.03. The Morgan fingerprint density at radius 2 is 1.38 bits per heavy atom. The largest absolute Gasteiger partial charge is 0.356 e. The Hall–Kier alpha value is -3.67. The second-order valence-electron chi connectivity index (χ2n) is 9.24. The predicted octanol–water partition coefficient (Wildman–Crippen LogP) is 5.18. The third-order valence-electron chi connectivity index (χ3n) is 6.98. The van der Waals surface area contributed by atoms with Gasteiger partial charge in [-0.15, -0.1) is 0 Å². The van der Waals surface area contributed by atoms with Crippen molar-refractivity contribution in [2.45, 2.75) is 32.2 Å². The van der Waals surface area contributed by atoms with E-state index in [1.807, 2.05) is 48.5 Å². The minimum atomic E-state index is 0.0827. The molecule has 34 heavy (non-hydrogen) atoms. The molecule has 2 aromatic carbocycles. The lowest BCUT2D eigenvalue weighted by Gasteiger charge is -2.22. The Labute approximate surface area is 199 Å². The molecule has 0 saturated carbocycles. The van der Waals surface area contributed by atoms with Gasteiger partial charge in [-0.1, -0.05) is 60.7 Å². The number of ketones is 1. The average Bonchev–Trinajstić information content (AvgIpc) is 3.66. The van der Waals surface area contributed by atoms with Crippen molar-refractivity contribution < 1.29 is 4.79 Å². The van der Waals surface area contributed by atoms with Gasteiger partial charge in [0.05, 0.1) is 17.6 Å². The molecule has 0 N–H and O–H groups in total. The van der Waals surface area contributed by atoms with Gasteiger partial charge in [0, 0.05) is 31.7 Å². The first-order valence-electron chi connectivity index (χ1n) is 12.3. The third-order valence-corrected chi connectivity index (χ3v) is 6.98. The van der Waals surface area contributed by atoms with Gasteiger partial charge in [0.1, 0.15) is 11.5 Å². The highest BCUT2D eigenvalue weighted by Crippen LogP contribution is 2.35. The van der Waals surface area contributed by atoms with Crippen LogP contribution in [0, 0.1) is 0 Å². The molecule has 6 rings (SSSR count). The number of aromatic nitrogens is 3. The summed E-state index contributed by atoms with van der Waals surface area (Å²) < 4.78 is 2.10. The number of hydrogen-bond donors (Lipinski definition) is 0. The first-order chi connectivity index (χ1) is 16.8. The van der Waals surface area contributed by atoms with E-state index in [0.717, 1.165) is 65.8 Å². The number of rotatable bonds is 6. The molecule has 2 fully saturated rings. The average molecular weight is 452 g/mol. The molecular formula is C28H29N5O. The van der Waals surface area contributed by atoms with E-state index in [9.17, 15) is 4.79 Å². The van der Waals surface area contributed by atoms with Crippen molar-refractivity contribution in [3.05, 3.63) is 72.3 Å². The quantitative estimate of drug-likeness (QED) is 0.378. The molecule has 0 atom stereocenters. The van der Waals surface area contributed by atoms with Gasteiger partial charge in [-0.3, -0.25) is 4.79 Å². The maximum Gasteiger partial charge on any atom is 0.229 e. The smallest absolute Gasteiger partial charge is 0.229 e. The highest BCUT2D eigenvalue weighted by molar-refractivity contribution is 5.99. The normalized spacial score (nSPS) is 16.0. The molecule has 2 saturated heterocycles. The maximum atomic E-state index is 13.3. The van der Waals surface area contributed by atoms with Crippen molar-refractivity contribution in [3.8, 4) is 11.3 Å². The Kier molecular flexibility index (Phi) is 5.49. The van der Waals surface area contributed by atoms with E-state index in [1.165, 1.54) is 25.7 Å². The molecule has 6 nitrogen and oxygen atoms in total. The second kappa shape index (κ2) is 8.93. The molecule has 0 spiro atoms. The van der Waals surface area contributed by atoms with Crippen molar-refractivity contribution in [2.75, 3.05) is 36.0 Å². The standard InChI is InChI=1S/C28H29N5O/c34-25(22-13-5-2-6-14-22)20-33-24(21-11-3-1-4-12-21)19-23-26(31-15-7-8-16-31)29-28(30-27(23)33)32-17-9-10-18-32/h1-6,11-14,19H,7-10,15-18,20H2. The summed E-state index contributed by atoms with van der Waals surface area (Å²) in [4.78, 5) is 28.2. The summed E-state index contributed by atoms with van der Waals surface area (Å²) in [7, 11) is 0. The molecule has 2 aliphatic heterocycles. The lowest BCUT2D eigenvalue weighted by molar-refractivity contribution is 0.0974. The molecule has 4 heterocycles. The Morgan fingerprint density at radius 1 is 0.765 bits per heavy atom. The molecule has 0 radical (unpaired) electrons. The van der Waals surface area contributed by atoms with Crippen LogP contribution in [0.4, 0.5) is 11.8 Å². The lowest BCUT2D eigenvalue weighted by Crippen LogP contribution is -2.24. The first-order valence-corrected chi connectivity index (χ1v) is 12.3. The molecule has 0 unspecified atom stereocenters. The number of benzene rings is 2. The maximum absolute atomic E-state index is 13.3. The van der Waals surface area contributed by atoms with E-state index < -0.39 is 0 Å². The van der Waals surface area contributed by atoms with Gasteiger partial charge < -0.3 is 14.4 Å². The van der Waals surface area contributed by atoms with Crippen LogP contribution in [0.2, 0.25) is 0 Å². The number of carbonyl (C=O) groups excluding carboxylic acids is 1. The highest BCUT2D eigenvalue weighted by Gasteiger charge is 2.26. The van der Waals surface area contributed by atoms with Crippen LogP contribution in [0.25, 0.3) is 22.3 Å². The van der Waals surface area contributed by atoms with Crippen LogP contribution in [0.3, 0.4) is 0 Å². The van der Waals surface area contributed by atoms with Gasteiger partial charge >= 0.3 is 0 Å². The van der Waals surface area contributed by atoms with Crippen molar-refractivity contribution >= 4 is 28.6 Å². The van der Waals surface area contributed by atoms with Crippen molar-refractivity contribution in [3.63, 3.8) is 0 Å².